The van der Waals surface area contributed by atoms with E-state index in [0.29, 0.717) is 42.3 Å². The molecule has 2 saturated heterocycles. The third-order valence-electron chi connectivity index (χ3n) is 5.26. The molecule has 0 bridgehead atoms. The van der Waals surface area contributed by atoms with E-state index < -0.39 is 0 Å². The van der Waals surface area contributed by atoms with E-state index in [0.717, 1.165) is 18.5 Å². The molecule has 2 amide bonds. The molecule has 2 fully saturated rings. The van der Waals surface area contributed by atoms with E-state index in [9.17, 15) is 9.59 Å². The molecule has 148 valence electrons. The summed E-state index contributed by atoms with van der Waals surface area (Å²) < 4.78 is 5.05. The van der Waals surface area contributed by atoms with Gasteiger partial charge >= 0.3 is 0 Å². The number of anilines is 1. The van der Waals surface area contributed by atoms with Crippen LogP contribution in [0, 0.1) is 5.92 Å². The van der Waals surface area contributed by atoms with Crippen LogP contribution in [0.15, 0.2) is 18.6 Å². The Kier molecular flexibility index (Phi) is 5.58. The molecule has 1 atom stereocenters. The first-order chi connectivity index (χ1) is 13.7. The van der Waals surface area contributed by atoms with Crippen molar-refractivity contribution in [2.45, 2.75) is 31.8 Å². The van der Waals surface area contributed by atoms with Gasteiger partial charge in [0.25, 0.3) is 0 Å². The van der Waals surface area contributed by atoms with Gasteiger partial charge < -0.3 is 9.64 Å². The fourth-order valence-corrected chi connectivity index (χ4v) is 4.63. The van der Waals surface area contributed by atoms with Crippen molar-refractivity contribution in [1.29, 1.82) is 0 Å². The third-order valence-corrected chi connectivity index (χ3v) is 6.18. The van der Waals surface area contributed by atoms with Crippen LogP contribution in [0.25, 0.3) is 0 Å². The molecule has 0 spiro atoms. The maximum atomic E-state index is 12.9. The fourth-order valence-electron chi connectivity index (χ4n) is 3.79. The first-order valence-corrected chi connectivity index (χ1v) is 10.1. The fraction of sp³-hybridized carbons (Fsp3) is 0.556. The summed E-state index contributed by atoms with van der Waals surface area (Å²) >= 11 is 1.33. The number of hydrogen-bond acceptors (Lipinski definition) is 8. The summed E-state index contributed by atoms with van der Waals surface area (Å²) in [6.07, 6.45) is 5.30. The Hall–Kier alpha value is -2.46. The van der Waals surface area contributed by atoms with Crippen LogP contribution >= 0.6 is 11.3 Å². The molecule has 2 aliphatic rings. The Labute approximate surface area is 166 Å². The molecular formula is C18H22N6O3S. The molecule has 0 aromatic carbocycles. The number of carbonyl (C=O) groups excluding carboxylic acids is 2. The molecule has 10 heteroatoms. The van der Waals surface area contributed by atoms with E-state index in [1.54, 1.807) is 24.5 Å². The molecule has 1 unspecified atom stereocenters. The lowest BCUT2D eigenvalue weighted by Gasteiger charge is -2.33. The van der Waals surface area contributed by atoms with Gasteiger partial charge in [0.1, 0.15) is 17.9 Å². The Morgan fingerprint density at radius 3 is 2.86 bits per heavy atom. The Bertz CT molecular complexity index is 837. The first kappa shape index (κ1) is 18.9. The van der Waals surface area contributed by atoms with Crippen molar-refractivity contribution in [3.63, 3.8) is 0 Å². The van der Waals surface area contributed by atoms with Gasteiger partial charge in [-0.2, -0.15) is 0 Å². The summed E-state index contributed by atoms with van der Waals surface area (Å²) in [7, 11) is 1.59. The van der Waals surface area contributed by atoms with Crippen LogP contribution in [-0.2, 0) is 20.9 Å². The van der Waals surface area contributed by atoms with Crippen molar-refractivity contribution in [3.05, 3.63) is 29.3 Å². The molecule has 0 N–H and O–H groups in total. The van der Waals surface area contributed by atoms with Crippen LogP contribution in [0.4, 0.5) is 5.13 Å². The van der Waals surface area contributed by atoms with E-state index in [2.05, 4.69) is 20.2 Å². The number of amides is 2. The van der Waals surface area contributed by atoms with Gasteiger partial charge in [0.2, 0.25) is 16.9 Å². The zero-order valence-electron chi connectivity index (χ0n) is 15.7. The highest BCUT2D eigenvalue weighted by Gasteiger charge is 2.39. The number of piperidine rings is 1. The van der Waals surface area contributed by atoms with E-state index in [-0.39, 0.29) is 24.2 Å². The first-order valence-electron chi connectivity index (χ1n) is 9.32. The van der Waals surface area contributed by atoms with Crippen molar-refractivity contribution < 1.29 is 14.3 Å². The average molecular weight is 402 g/mol. The molecular weight excluding hydrogens is 380 g/mol. The second-order valence-corrected chi connectivity index (χ2v) is 8.09. The van der Waals surface area contributed by atoms with Gasteiger partial charge in [-0.25, -0.2) is 9.97 Å². The molecule has 2 aliphatic heterocycles. The number of hydrogen-bond donors (Lipinski definition) is 0. The van der Waals surface area contributed by atoms with Crippen molar-refractivity contribution in [2.24, 2.45) is 5.92 Å². The van der Waals surface area contributed by atoms with Gasteiger partial charge in [-0.1, -0.05) is 11.3 Å². The molecule has 2 aromatic rings. The van der Waals surface area contributed by atoms with Gasteiger partial charge in [0.05, 0.1) is 5.92 Å². The number of carbonyl (C=O) groups is 2. The van der Waals surface area contributed by atoms with Gasteiger partial charge in [-0.15, -0.1) is 10.2 Å². The van der Waals surface area contributed by atoms with Crippen LogP contribution in [0.5, 0.6) is 0 Å². The quantitative estimate of drug-likeness (QED) is 0.741. The molecule has 9 nitrogen and oxygen atoms in total. The van der Waals surface area contributed by atoms with Gasteiger partial charge in [-0.3, -0.25) is 14.5 Å². The van der Waals surface area contributed by atoms with Crippen LogP contribution in [0.1, 0.15) is 35.9 Å². The number of ether oxygens (including phenoxy) is 1. The smallest absolute Gasteiger partial charge is 0.229 e. The summed E-state index contributed by atoms with van der Waals surface area (Å²) in [5, 5.41) is 9.35. The topological polar surface area (TPSA) is 101 Å². The van der Waals surface area contributed by atoms with Crippen molar-refractivity contribution in [1.82, 2.24) is 25.1 Å². The minimum Gasteiger partial charge on any atom is -0.377 e. The Balaban J connectivity index is 1.35. The summed E-state index contributed by atoms with van der Waals surface area (Å²) in [4.78, 5) is 37.1. The highest BCUT2D eigenvalue weighted by atomic mass is 32.1. The second kappa shape index (κ2) is 8.27. The summed E-state index contributed by atoms with van der Waals surface area (Å²) in [5.41, 5.74) is 1.03. The zero-order chi connectivity index (χ0) is 19.5. The third kappa shape index (κ3) is 3.88. The van der Waals surface area contributed by atoms with E-state index in [1.807, 2.05) is 11.0 Å². The largest absolute Gasteiger partial charge is 0.377 e. The summed E-state index contributed by atoms with van der Waals surface area (Å²) in [6, 6.07) is 1.94. The highest BCUT2D eigenvalue weighted by molar-refractivity contribution is 7.15. The average Bonchev–Trinajstić information content (AvgIpc) is 3.35. The van der Waals surface area contributed by atoms with Gasteiger partial charge in [-0.05, 0) is 18.9 Å². The van der Waals surface area contributed by atoms with E-state index in [1.165, 1.54) is 11.3 Å². The molecule has 0 radical (unpaired) electrons. The number of nitrogens with zero attached hydrogens (tertiary/aromatic N) is 6. The summed E-state index contributed by atoms with van der Waals surface area (Å²) in [5.74, 6) is 0.0141. The molecule has 0 aliphatic carbocycles. The van der Waals surface area contributed by atoms with Gasteiger partial charge in [0, 0.05) is 51.0 Å². The number of methoxy groups -OCH3 is 1. The minimum absolute atomic E-state index is 0.0543. The predicted molar refractivity (Wildman–Crippen MR) is 102 cm³/mol. The van der Waals surface area contributed by atoms with E-state index in [4.69, 9.17) is 4.74 Å². The molecule has 4 heterocycles. The van der Waals surface area contributed by atoms with Crippen molar-refractivity contribution in [3.8, 4) is 0 Å². The summed E-state index contributed by atoms with van der Waals surface area (Å²) in [6.45, 7) is 2.11. The number of likely N-dealkylation sites (tertiary alicyclic amines) is 1. The molecule has 2 aromatic heterocycles. The minimum atomic E-state index is -0.321. The highest BCUT2D eigenvalue weighted by Crippen LogP contribution is 2.31. The SMILES string of the molecule is COCc1nnc(N2CC(C(=O)N3CCC(c4ccncn4)CC3)CC2=O)s1. The van der Waals surface area contributed by atoms with Gasteiger partial charge in [0.15, 0.2) is 0 Å². The lowest BCUT2D eigenvalue weighted by molar-refractivity contribution is -0.136. The lowest BCUT2D eigenvalue weighted by Crippen LogP contribution is -2.42. The molecule has 4 rings (SSSR count). The second-order valence-electron chi connectivity index (χ2n) is 7.05. The lowest BCUT2D eigenvalue weighted by atomic mass is 9.92. The van der Waals surface area contributed by atoms with Crippen LogP contribution in [0.3, 0.4) is 0 Å². The predicted octanol–water partition coefficient (Wildman–Crippen LogP) is 1.23. The normalized spacial score (nSPS) is 20.8. The zero-order valence-corrected chi connectivity index (χ0v) is 16.5. The van der Waals surface area contributed by atoms with Crippen molar-refractivity contribution >= 4 is 28.3 Å². The van der Waals surface area contributed by atoms with Crippen LogP contribution < -0.4 is 4.90 Å². The van der Waals surface area contributed by atoms with E-state index >= 15 is 0 Å². The maximum absolute atomic E-state index is 12.9. The Morgan fingerprint density at radius 1 is 1.32 bits per heavy atom. The molecule has 0 saturated carbocycles. The number of rotatable bonds is 5. The molecule has 28 heavy (non-hydrogen) atoms. The maximum Gasteiger partial charge on any atom is 0.229 e. The van der Waals surface area contributed by atoms with Crippen molar-refractivity contribution in [2.75, 3.05) is 31.6 Å². The van der Waals surface area contributed by atoms with Crippen LogP contribution in [-0.4, -0.2) is 63.6 Å². The standard InChI is InChI=1S/C18H22N6O3S/c1-27-10-15-21-22-18(28-15)24-9-13(8-16(24)25)17(26)23-6-3-12(4-7-23)14-2-5-19-11-20-14/h2,5,11-13H,3-4,6-10H2,1H3. The Morgan fingerprint density at radius 2 is 2.14 bits per heavy atom. The number of aromatic nitrogens is 4. The monoisotopic (exact) mass is 402 g/mol. The van der Waals surface area contributed by atoms with Crippen LogP contribution in [0.2, 0.25) is 0 Å².